The Morgan fingerprint density at radius 3 is 2.59 bits per heavy atom. The zero-order chi connectivity index (χ0) is 20.4. The number of hydrogen-bond acceptors (Lipinski definition) is 6. The number of anilines is 2. The second-order valence-corrected chi connectivity index (χ2v) is 7.94. The van der Waals surface area contributed by atoms with Gasteiger partial charge >= 0.3 is 5.97 Å². The summed E-state index contributed by atoms with van der Waals surface area (Å²) in [5.41, 5.74) is 1.88. The fraction of sp³-hybridized carbons (Fsp3) is 0.286. The van der Waals surface area contributed by atoms with Crippen LogP contribution in [0.3, 0.4) is 0 Å². The number of carbonyl (C=O) groups excluding carboxylic acids is 2. The first-order valence-corrected chi connectivity index (χ1v) is 10.2. The molecule has 0 bridgehead atoms. The summed E-state index contributed by atoms with van der Waals surface area (Å²) in [6.07, 6.45) is 1.44. The predicted molar refractivity (Wildman–Crippen MR) is 111 cm³/mol. The summed E-state index contributed by atoms with van der Waals surface area (Å²) in [7, 11) is 1.33. The second kappa shape index (κ2) is 8.16. The van der Waals surface area contributed by atoms with Crippen molar-refractivity contribution in [2.24, 2.45) is 5.92 Å². The van der Waals surface area contributed by atoms with Gasteiger partial charge in [-0.05, 0) is 55.3 Å². The molecule has 0 spiro atoms. The zero-order valence-corrected chi connectivity index (χ0v) is 16.7. The highest BCUT2D eigenvalue weighted by molar-refractivity contribution is 7.22. The Labute approximate surface area is 171 Å². The highest BCUT2D eigenvalue weighted by Gasteiger charge is 2.26. The molecule has 0 radical (unpaired) electrons. The van der Waals surface area contributed by atoms with Crippen molar-refractivity contribution in [1.29, 1.82) is 0 Å². The third-order valence-corrected chi connectivity index (χ3v) is 6.13. The normalized spacial score (nSPS) is 14.8. The molecule has 1 aromatic heterocycles. The lowest BCUT2D eigenvalue weighted by Gasteiger charge is -2.31. The molecule has 0 unspecified atom stereocenters. The maximum Gasteiger partial charge on any atom is 0.337 e. The molecule has 3 aromatic rings. The number of benzene rings is 2. The number of aromatic nitrogens is 1. The number of ether oxygens (including phenoxy) is 1. The van der Waals surface area contributed by atoms with E-state index in [0.29, 0.717) is 11.3 Å². The van der Waals surface area contributed by atoms with Crippen molar-refractivity contribution in [1.82, 2.24) is 4.98 Å². The molecule has 1 amide bonds. The molecule has 8 heteroatoms. The van der Waals surface area contributed by atoms with E-state index in [9.17, 15) is 14.0 Å². The molecule has 1 saturated heterocycles. The van der Waals surface area contributed by atoms with Crippen LogP contribution in [0.2, 0.25) is 0 Å². The summed E-state index contributed by atoms with van der Waals surface area (Å²) in [5.74, 6) is -0.782. The molecule has 6 nitrogen and oxygen atoms in total. The minimum absolute atomic E-state index is 0.0261. The fourth-order valence-electron chi connectivity index (χ4n) is 3.41. The van der Waals surface area contributed by atoms with E-state index in [1.807, 2.05) is 0 Å². The molecule has 4 rings (SSSR count). The maximum atomic E-state index is 13.4. The first kappa shape index (κ1) is 19.3. The lowest BCUT2D eigenvalue weighted by molar-refractivity contribution is -0.120. The summed E-state index contributed by atoms with van der Waals surface area (Å²) in [5, 5.41) is 3.78. The van der Waals surface area contributed by atoms with Crippen LogP contribution in [0, 0.1) is 11.7 Å². The standard InChI is InChI=1S/C21H20FN3O3S/c1-28-20(27)14-2-5-16(6-3-14)23-19(26)13-8-10-25(11-9-13)21-24-17-7-4-15(22)12-18(17)29-21/h2-7,12-13H,8-11H2,1H3,(H,23,26). The van der Waals surface area contributed by atoms with Gasteiger partial charge in [0.25, 0.3) is 0 Å². The summed E-state index contributed by atoms with van der Waals surface area (Å²) in [6, 6.07) is 11.2. The minimum atomic E-state index is -0.409. The Morgan fingerprint density at radius 1 is 1.17 bits per heavy atom. The zero-order valence-electron chi connectivity index (χ0n) is 15.9. The topological polar surface area (TPSA) is 71.5 Å². The lowest BCUT2D eigenvalue weighted by Crippen LogP contribution is -2.38. The number of methoxy groups -OCH3 is 1. The van der Waals surface area contributed by atoms with Crippen LogP contribution < -0.4 is 10.2 Å². The lowest BCUT2D eigenvalue weighted by atomic mass is 9.96. The number of nitrogens with zero attached hydrogens (tertiary/aromatic N) is 2. The molecule has 0 saturated carbocycles. The number of thiazole rings is 1. The van der Waals surface area contributed by atoms with Gasteiger partial charge < -0.3 is 15.0 Å². The number of piperidine rings is 1. The number of nitrogens with one attached hydrogen (secondary N) is 1. The van der Waals surface area contributed by atoms with Crippen LogP contribution in [-0.2, 0) is 9.53 Å². The van der Waals surface area contributed by atoms with Crippen molar-refractivity contribution in [3.63, 3.8) is 0 Å². The smallest absolute Gasteiger partial charge is 0.337 e. The molecule has 1 aliphatic heterocycles. The largest absolute Gasteiger partial charge is 0.465 e. The van der Waals surface area contributed by atoms with E-state index < -0.39 is 5.97 Å². The highest BCUT2D eigenvalue weighted by atomic mass is 32.1. The van der Waals surface area contributed by atoms with Crippen LogP contribution in [0.5, 0.6) is 0 Å². The first-order valence-electron chi connectivity index (χ1n) is 9.34. The van der Waals surface area contributed by atoms with Gasteiger partial charge in [0.2, 0.25) is 5.91 Å². The number of amides is 1. The second-order valence-electron chi connectivity index (χ2n) is 6.93. The Balaban J connectivity index is 1.35. The molecule has 1 N–H and O–H groups in total. The van der Waals surface area contributed by atoms with Crippen molar-refractivity contribution in [2.75, 3.05) is 30.4 Å². The van der Waals surface area contributed by atoms with Crippen molar-refractivity contribution in [3.05, 3.63) is 53.8 Å². The van der Waals surface area contributed by atoms with Crippen molar-refractivity contribution in [2.45, 2.75) is 12.8 Å². The molecular formula is C21H20FN3O3S. The molecule has 29 heavy (non-hydrogen) atoms. The van der Waals surface area contributed by atoms with Crippen LogP contribution in [-0.4, -0.2) is 37.1 Å². The van der Waals surface area contributed by atoms with Gasteiger partial charge in [-0.2, -0.15) is 0 Å². The van der Waals surface area contributed by atoms with Crippen LogP contribution in [0.1, 0.15) is 23.2 Å². The van der Waals surface area contributed by atoms with Crippen LogP contribution in [0.15, 0.2) is 42.5 Å². The number of esters is 1. The number of hydrogen-bond donors (Lipinski definition) is 1. The van der Waals surface area contributed by atoms with Gasteiger partial charge in [0.15, 0.2) is 5.13 Å². The van der Waals surface area contributed by atoms with Gasteiger partial charge in [-0.3, -0.25) is 4.79 Å². The number of carbonyl (C=O) groups is 2. The molecule has 1 fully saturated rings. The quantitative estimate of drug-likeness (QED) is 0.653. The third kappa shape index (κ3) is 4.22. The average Bonchev–Trinajstić information content (AvgIpc) is 3.17. The van der Waals surface area contributed by atoms with E-state index in [0.717, 1.165) is 41.3 Å². The van der Waals surface area contributed by atoms with Crippen LogP contribution in [0.4, 0.5) is 15.2 Å². The van der Waals surface area contributed by atoms with E-state index in [1.165, 1.54) is 30.6 Å². The van der Waals surface area contributed by atoms with E-state index in [2.05, 4.69) is 19.9 Å². The number of rotatable bonds is 4. The van der Waals surface area contributed by atoms with E-state index in [1.54, 1.807) is 30.3 Å². The summed E-state index contributed by atoms with van der Waals surface area (Å²) < 4.78 is 18.9. The van der Waals surface area contributed by atoms with Crippen LogP contribution in [0.25, 0.3) is 10.2 Å². The summed E-state index contributed by atoms with van der Waals surface area (Å²) >= 11 is 1.47. The Morgan fingerprint density at radius 2 is 1.90 bits per heavy atom. The number of fused-ring (bicyclic) bond motifs is 1. The van der Waals surface area contributed by atoms with Crippen LogP contribution >= 0.6 is 11.3 Å². The molecule has 150 valence electrons. The molecule has 2 heterocycles. The summed E-state index contributed by atoms with van der Waals surface area (Å²) in [4.78, 5) is 30.8. The Kier molecular flexibility index (Phi) is 5.44. The third-order valence-electron chi connectivity index (χ3n) is 5.05. The minimum Gasteiger partial charge on any atom is -0.465 e. The van der Waals surface area contributed by atoms with E-state index >= 15 is 0 Å². The van der Waals surface area contributed by atoms with E-state index in [-0.39, 0.29) is 17.6 Å². The van der Waals surface area contributed by atoms with Gasteiger partial charge in [0, 0.05) is 24.7 Å². The molecule has 0 aliphatic carbocycles. The monoisotopic (exact) mass is 413 g/mol. The Bertz CT molecular complexity index is 1040. The molecule has 2 aromatic carbocycles. The van der Waals surface area contributed by atoms with Gasteiger partial charge in [0.05, 0.1) is 22.9 Å². The van der Waals surface area contributed by atoms with Crippen molar-refractivity contribution in [3.8, 4) is 0 Å². The molecular weight excluding hydrogens is 393 g/mol. The highest BCUT2D eigenvalue weighted by Crippen LogP contribution is 2.32. The van der Waals surface area contributed by atoms with Crippen molar-refractivity contribution < 1.29 is 18.7 Å². The van der Waals surface area contributed by atoms with Gasteiger partial charge in [0.1, 0.15) is 5.82 Å². The van der Waals surface area contributed by atoms with Gasteiger partial charge in [-0.25, -0.2) is 14.2 Å². The fourth-order valence-corrected chi connectivity index (χ4v) is 4.45. The Hall–Kier alpha value is -3.00. The van der Waals surface area contributed by atoms with Crippen molar-refractivity contribution >= 4 is 44.2 Å². The predicted octanol–water partition coefficient (Wildman–Crippen LogP) is 4.08. The SMILES string of the molecule is COC(=O)c1ccc(NC(=O)C2CCN(c3nc4ccc(F)cc4s3)CC2)cc1. The molecule has 0 atom stereocenters. The van der Waals surface area contributed by atoms with Gasteiger partial charge in [-0.1, -0.05) is 11.3 Å². The molecule has 1 aliphatic rings. The number of halogens is 1. The first-order chi connectivity index (χ1) is 14.0. The van der Waals surface area contributed by atoms with E-state index in [4.69, 9.17) is 0 Å². The summed E-state index contributed by atoms with van der Waals surface area (Å²) in [6.45, 7) is 1.45. The maximum absolute atomic E-state index is 13.4. The average molecular weight is 413 g/mol. The van der Waals surface area contributed by atoms with Gasteiger partial charge in [-0.15, -0.1) is 0 Å².